The molecule has 0 aliphatic carbocycles. The van der Waals surface area contributed by atoms with Crippen molar-refractivity contribution < 1.29 is 17.9 Å². The molecule has 0 aromatic carbocycles. The van der Waals surface area contributed by atoms with E-state index in [1.165, 1.54) is 6.92 Å². The number of hydrogen-bond acceptors (Lipinski definition) is 8. The van der Waals surface area contributed by atoms with E-state index in [2.05, 4.69) is 25.0 Å². The van der Waals surface area contributed by atoms with Gasteiger partial charge in [0.2, 0.25) is 0 Å². The third-order valence-corrected chi connectivity index (χ3v) is 6.78. The van der Waals surface area contributed by atoms with Gasteiger partial charge in [-0.2, -0.15) is 18.3 Å². The van der Waals surface area contributed by atoms with Crippen LogP contribution in [0, 0.1) is 19.3 Å². The fourth-order valence-corrected chi connectivity index (χ4v) is 4.99. The van der Waals surface area contributed by atoms with Crippen molar-refractivity contribution >= 4 is 22.8 Å². The summed E-state index contributed by atoms with van der Waals surface area (Å²) in [7, 11) is 0. The van der Waals surface area contributed by atoms with Crippen LogP contribution in [0.2, 0.25) is 0 Å². The second kappa shape index (κ2) is 6.99. The summed E-state index contributed by atoms with van der Waals surface area (Å²) in [6.45, 7) is 7.55. The number of anilines is 2. The third kappa shape index (κ3) is 3.38. The predicted octanol–water partition coefficient (Wildman–Crippen LogP) is 2.54. The summed E-state index contributed by atoms with van der Waals surface area (Å²) < 4.78 is 46.8. The second-order valence-electron chi connectivity index (χ2n) is 9.31. The van der Waals surface area contributed by atoms with Crippen LogP contribution in [-0.2, 0) is 10.9 Å². The Labute approximate surface area is 187 Å². The van der Waals surface area contributed by atoms with Crippen molar-refractivity contribution in [3.05, 3.63) is 29.5 Å². The van der Waals surface area contributed by atoms with Gasteiger partial charge in [0.15, 0.2) is 5.65 Å². The molecule has 0 radical (unpaired) electrons. The van der Waals surface area contributed by atoms with Gasteiger partial charge in [0.1, 0.15) is 34.7 Å². The maximum absolute atomic E-state index is 13.2. The molecule has 33 heavy (non-hydrogen) atoms. The average molecular weight is 460 g/mol. The molecule has 0 bridgehead atoms. The summed E-state index contributed by atoms with van der Waals surface area (Å²) in [4.78, 5) is 21.4. The predicted molar refractivity (Wildman–Crippen MR) is 113 cm³/mol. The molecule has 3 fully saturated rings. The number of nitrogens with zero attached hydrogens (tertiary/aromatic N) is 8. The van der Waals surface area contributed by atoms with Gasteiger partial charge in [-0.15, -0.1) is 0 Å². The van der Waals surface area contributed by atoms with Gasteiger partial charge >= 0.3 is 6.18 Å². The molecule has 3 aliphatic heterocycles. The van der Waals surface area contributed by atoms with Crippen LogP contribution in [0.5, 0.6) is 0 Å². The normalized spacial score (nSPS) is 20.5. The van der Waals surface area contributed by atoms with Crippen LogP contribution < -0.4 is 9.80 Å². The van der Waals surface area contributed by atoms with Crippen LogP contribution in [0.15, 0.2) is 12.3 Å². The van der Waals surface area contributed by atoms with Crippen molar-refractivity contribution in [2.45, 2.75) is 32.5 Å². The Kier molecular flexibility index (Phi) is 4.36. The maximum atomic E-state index is 13.2. The van der Waals surface area contributed by atoms with Gasteiger partial charge in [-0.3, -0.25) is 0 Å². The van der Waals surface area contributed by atoms with E-state index in [1.54, 1.807) is 6.20 Å². The van der Waals surface area contributed by atoms with E-state index in [0.29, 0.717) is 32.1 Å². The van der Waals surface area contributed by atoms with Crippen molar-refractivity contribution in [2.75, 3.05) is 49.2 Å². The van der Waals surface area contributed by atoms with Gasteiger partial charge in [0.05, 0.1) is 25.1 Å². The fraction of sp³-hybridized carbons (Fsp3) is 0.571. The van der Waals surface area contributed by atoms with Crippen LogP contribution in [0.4, 0.5) is 24.8 Å². The van der Waals surface area contributed by atoms with Gasteiger partial charge in [-0.1, -0.05) is 0 Å². The van der Waals surface area contributed by atoms with Crippen LogP contribution in [-0.4, -0.2) is 69.1 Å². The van der Waals surface area contributed by atoms with Gasteiger partial charge in [-0.05, 0) is 20.3 Å². The first-order chi connectivity index (χ1) is 15.7. The Morgan fingerprint density at radius 2 is 1.79 bits per heavy atom. The zero-order chi connectivity index (χ0) is 23.0. The smallest absolute Gasteiger partial charge is 0.377 e. The number of aromatic nitrogens is 6. The first-order valence-electron chi connectivity index (χ1n) is 10.9. The summed E-state index contributed by atoms with van der Waals surface area (Å²) in [5.74, 6) is 1.27. The molecule has 6 heterocycles. The second-order valence-corrected chi connectivity index (χ2v) is 9.31. The Morgan fingerprint density at radius 3 is 2.48 bits per heavy atom. The number of fused-ring (bicyclic) bond motifs is 1. The first kappa shape index (κ1) is 20.6. The zero-order valence-electron chi connectivity index (χ0n) is 18.3. The highest BCUT2D eigenvalue weighted by Gasteiger charge is 2.49. The molecule has 1 spiro atoms. The topological polar surface area (TPSA) is 85.1 Å². The summed E-state index contributed by atoms with van der Waals surface area (Å²) in [6.07, 6.45) is -1.82. The van der Waals surface area contributed by atoms with Gasteiger partial charge in [0.25, 0.3) is 0 Å². The molecule has 0 unspecified atom stereocenters. The number of hydrogen-bond donors (Lipinski definition) is 0. The molecule has 3 aliphatic rings. The van der Waals surface area contributed by atoms with E-state index in [-0.39, 0.29) is 17.3 Å². The highest BCUT2D eigenvalue weighted by atomic mass is 19.4. The van der Waals surface area contributed by atoms with Gasteiger partial charge in [-0.25, -0.2) is 24.6 Å². The molecule has 0 N–H and O–H groups in total. The molecule has 3 aromatic heterocycles. The number of ether oxygens (including phenoxy) is 1. The quantitative estimate of drug-likeness (QED) is 0.590. The van der Waals surface area contributed by atoms with Crippen LogP contribution in [0.3, 0.4) is 0 Å². The molecular weight excluding hydrogens is 437 g/mol. The molecule has 6 rings (SSSR count). The van der Waals surface area contributed by atoms with Crippen molar-refractivity contribution in [1.82, 2.24) is 29.7 Å². The molecule has 0 saturated carbocycles. The summed E-state index contributed by atoms with van der Waals surface area (Å²) >= 11 is 0. The largest absolute Gasteiger partial charge is 0.433 e. The lowest BCUT2D eigenvalue weighted by Crippen LogP contribution is -2.58. The molecule has 174 valence electrons. The number of alkyl halides is 3. The Bertz CT molecular complexity index is 1230. The minimum absolute atomic E-state index is 0.00581. The Hall–Kier alpha value is -3.02. The van der Waals surface area contributed by atoms with Crippen molar-refractivity contribution in [2.24, 2.45) is 5.41 Å². The molecule has 3 aromatic rings. The van der Waals surface area contributed by atoms with Gasteiger partial charge < -0.3 is 14.5 Å². The van der Waals surface area contributed by atoms with E-state index in [0.717, 1.165) is 48.3 Å². The lowest BCUT2D eigenvalue weighted by Gasteiger charge is -2.48. The van der Waals surface area contributed by atoms with E-state index in [9.17, 15) is 13.2 Å². The highest BCUT2D eigenvalue weighted by molar-refractivity contribution is 5.75. The van der Waals surface area contributed by atoms with Crippen LogP contribution >= 0.6 is 0 Å². The lowest BCUT2D eigenvalue weighted by atomic mass is 9.79. The van der Waals surface area contributed by atoms with E-state index >= 15 is 0 Å². The van der Waals surface area contributed by atoms with Crippen molar-refractivity contribution in [3.8, 4) is 0 Å². The minimum atomic E-state index is -4.49. The Balaban J connectivity index is 1.19. The minimum Gasteiger partial charge on any atom is -0.377 e. The van der Waals surface area contributed by atoms with Crippen molar-refractivity contribution in [1.29, 1.82) is 0 Å². The SMILES string of the molecule is Cc1nc(N2CCC3(C2)CN(c2cnc4c(C)nn(C5COC5)c4n2)C3)cc(C(F)(F)F)n1. The molecule has 12 heteroatoms. The lowest BCUT2D eigenvalue weighted by molar-refractivity contribution is -0.141. The van der Waals surface area contributed by atoms with Crippen LogP contribution in [0.25, 0.3) is 11.2 Å². The highest BCUT2D eigenvalue weighted by Crippen LogP contribution is 2.43. The van der Waals surface area contributed by atoms with Crippen LogP contribution in [0.1, 0.15) is 29.7 Å². The molecule has 3 saturated heterocycles. The zero-order valence-corrected chi connectivity index (χ0v) is 18.3. The first-order valence-corrected chi connectivity index (χ1v) is 10.9. The monoisotopic (exact) mass is 460 g/mol. The maximum Gasteiger partial charge on any atom is 0.433 e. The van der Waals surface area contributed by atoms with E-state index in [4.69, 9.17) is 9.72 Å². The van der Waals surface area contributed by atoms with E-state index in [1.807, 2.05) is 16.5 Å². The third-order valence-electron chi connectivity index (χ3n) is 6.78. The van der Waals surface area contributed by atoms with Crippen molar-refractivity contribution in [3.63, 3.8) is 0 Å². The number of halogens is 3. The standard InChI is InChI=1S/C21H23F3N8O/c1-12-18-19(32(29-12)14-7-33-8-14)28-17(6-25-18)31-10-20(11-31)3-4-30(9-20)16-5-15(21(22,23)24)26-13(2)27-16/h5-6,14H,3-4,7-11H2,1-2H3. The molecular formula is C21H23F3N8O. The number of rotatable bonds is 3. The summed E-state index contributed by atoms with van der Waals surface area (Å²) in [6, 6.07) is 1.24. The molecule has 9 nitrogen and oxygen atoms in total. The average Bonchev–Trinajstić information content (AvgIpc) is 3.27. The summed E-state index contributed by atoms with van der Waals surface area (Å²) in [5.41, 5.74) is 1.52. The molecule has 0 atom stereocenters. The summed E-state index contributed by atoms with van der Waals surface area (Å²) in [5, 5.41) is 4.60. The van der Waals surface area contributed by atoms with E-state index < -0.39 is 11.9 Å². The fourth-order valence-electron chi connectivity index (χ4n) is 4.99. The number of aryl methyl sites for hydroxylation is 2. The molecule has 0 amide bonds. The Morgan fingerprint density at radius 1 is 1.03 bits per heavy atom. The van der Waals surface area contributed by atoms with Gasteiger partial charge in [0, 0.05) is 37.7 Å².